The van der Waals surface area contributed by atoms with E-state index in [9.17, 15) is 4.79 Å². The number of benzene rings is 2. The van der Waals surface area contributed by atoms with Crippen molar-refractivity contribution in [3.63, 3.8) is 0 Å². The molecule has 2 aromatic carbocycles. The first-order valence-electron chi connectivity index (χ1n) is 6.05. The summed E-state index contributed by atoms with van der Waals surface area (Å²) in [4.78, 5) is 13.9. The Morgan fingerprint density at radius 1 is 1.05 bits per heavy atom. The standard InChI is InChI=1S/C15H10Cl3NO/c1-8-11(17)3-5-13(15(8)18)19-12-4-2-10(16)6-9(12)7-14(19)20/h2-6H,7H2,1H3. The topological polar surface area (TPSA) is 20.3 Å². The predicted molar refractivity (Wildman–Crippen MR) is 83.5 cm³/mol. The van der Waals surface area contributed by atoms with Gasteiger partial charge >= 0.3 is 0 Å². The third kappa shape index (κ3) is 2.08. The molecule has 0 aromatic heterocycles. The van der Waals surface area contributed by atoms with Crippen molar-refractivity contribution < 1.29 is 4.79 Å². The minimum atomic E-state index is -0.0223. The van der Waals surface area contributed by atoms with Gasteiger partial charge in [0.15, 0.2) is 0 Å². The smallest absolute Gasteiger partial charge is 0.236 e. The highest BCUT2D eigenvalue weighted by atomic mass is 35.5. The Hall–Kier alpha value is -1.22. The normalized spacial score (nSPS) is 13.8. The van der Waals surface area contributed by atoms with Gasteiger partial charge < -0.3 is 0 Å². The molecule has 1 heterocycles. The number of carbonyl (C=O) groups is 1. The molecule has 1 amide bonds. The number of fused-ring (bicyclic) bond motifs is 1. The number of nitrogens with zero attached hydrogens (tertiary/aromatic N) is 1. The maximum Gasteiger partial charge on any atom is 0.236 e. The molecular weight excluding hydrogens is 317 g/mol. The Balaban J connectivity index is 2.17. The molecule has 0 atom stereocenters. The van der Waals surface area contributed by atoms with E-state index >= 15 is 0 Å². The van der Waals surface area contributed by atoms with E-state index in [1.807, 2.05) is 19.1 Å². The molecule has 0 N–H and O–H groups in total. The van der Waals surface area contributed by atoms with Crippen LogP contribution in [0.25, 0.3) is 0 Å². The third-order valence-electron chi connectivity index (χ3n) is 3.41. The van der Waals surface area contributed by atoms with Gasteiger partial charge in [0.1, 0.15) is 0 Å². The minimum absolute atomic E-state index is 0.0223. The van der Waals surface area contributed by atoms with Crippen molar-refractivity contribution in [3.8, 4) is 0 Å². The average Bonchev–Trinajstić information content (AvgIpc) is 2.72. The molecule has 0 saturated heterocycles. The first-order chi connectivity index (χ1) is 9.49. The van der Waals surface area contributed by atoms with Gasteiger partial charge in [0.25, 0.3) is 0 Å². The number of hydrogen-bond acceptors (Lipinski definition) is 1. The van der Waals surface area contributed by atoms with Gasteiger partial charge in [-0.2, -0.15) is 0 Å². The molecule has 0 aliphatic carbocycles. The molecule has 2 nitrogen and oxygen atoms in total. The summed E-state index contributed by atoms with van der Waals surface area (Å²) >= 11 is 18.4. The molecule has 20 heavy (non-hydrogen) atoms. The van der Waals surface area contributed by atoms with Crippen LogP contribution in [0.5, 0.6) is 0 Å². The highest BCUT2D eigenvalue weighted by molar-refractivity contribution is 6.38. The Kier molecular flexibility index (Phi) is 3.41. The summed E-state index contributed by atoms with van der Waals surface area (Å²) in [7, 11) is 0. The second kappa shape index (κ2) is 4.96. The highest BCUT2D eigenvalue weighted by Gasteiger charge is 2.30. The van der Waals surface area contributed by atoms with Gasteiger partial charge in [-0.05, 0) is 48.4 Å². The lowest BCUT2D eigenvalue weighted by Crippen LogP contribution is -2.21. The predicted octanol–water partition coefficient (Wildman–Crippen LogP) is 5.18. The molecule has 1 aliphatic heterocycles. The first kappa shape index (κ1) is 13.7. The van der Waals surface area contributed by atoms with Crippen molar-refractivity contribution in [3.05, 3.63) is 56.5 Å². The molecule has 3 rings (SSSR count). The van der Waals surface area contributed by atoms with Gasteiger partial charge in [-0.1, -0.05) is 34.8 Å². The Morgan fingerprint density at radius 2 is 1.75 bits per heavy atom. The molecule has 0 radical (unpaired) electrons. The molecular formula is C15H10Cl3NO. The molecule has 1 aliphatic rings. The van der Waals surface area contributed by atoms with Gasteiger partial charge in [0.05, 0.1) is 22.8 Å². The monoisotopic (exact) mass is 325 g/mol. The van der Waals surface area contributed by atoms with E-state index in [2.05, 4.69) is 0 Å². The van der Waals surface area contributed by atoms with Crippen LogP contribution in [0.1, 0.15) is 11.1 Å². The van der Waals surface area contributed by atoms with E-state index in [1.165, 1.54) is 0 Å². The van der Waals surface area contributed by atoms with E-state index < -0.39 is 0 Å². The second-order valence-electron chi connectivity index (χ2n) is 4.68. The van der Waals surface area contributed by atoms with Gasteiger partial charge in [-0.3, -0.25) is 9.69 Å². The SMILES string of the molecule is Cc1c(Cl)ccc(N2C(=O)Cc3cc(Cl)ccc32)c1Cl. The van der Waals surface area contributed by atoms with Crippen LogP contribution in [-0.4, -0.2) is 5.91 Å². The van der Waals surface area contributed by atoms with Crippen molar-refractivity contribution in [1.82, 2.24) is 0 Å². The minimum Gasteiger partial charge on any atom is -0.279 e. The maximum absolute atomic E-state index is 12.3. The molecule has 0 bridgehead atoms. The Labute approximate surface area is 131 Å². The van der Waals surface area contributed by atoms with Gasteiger partial charge in [-0.25, -0.2) is 0 Å². The van der Waals surface area contributed by atoms with Gasteiger partial charge in [0, 0.05) is 10.0 Å². The first-order valence-corrected chi connectivity index (χ1v) is 7.18. The molecule has 0 spiro atoms. The van der Waals surface area contributed by atoms with E-state index in [0.717, 1.165) is 16.8 Å². The van der Waals surface area contributed by atoms with Crippen molar-refractivity contribution in [1.29, 1.82) is 0 Å². The van der Waals surface area contributed by atoms with E-state index in [4.69, 9.17) is 34.8 Å². The summed E-state index contributed by atoms with van der Waals surface area (Å²) in [6, 6.07) is 8.93. The van der Waals surface area contributed by atoms with Gasteiger partial charge in [-0.15, -0.1) is 0 Å². The van der Waals surface area contributed by atoms with E-state index in [1.54, 1.807) is 23.1 Å². The molecule has 102 valence electrons. The number of halogens is 3. The van der Waals surface area contributed by atoms with Crippen molar-refractivity contribution >= 4 is 52.1 Å². The van der Waals surface area contributed by atoms with Crippen molar-refractivity contribution in [2.75, 3.05) is 4.90 Å². The van der Waals surface area contributed by atoms with Crippen LogP contribution in [0.15, 0.2) is 30.3 Å². The molecule has 0 unspecified atom stereocenters. The fraction of sp³-hybridized carbons (Fsp3) is 0.133. The second-order valence-corrected chi connectivity index (χ2v) is 5.91. The highest BCUT2D eigenvalue weighted by Crippen LogP contribution is 2.42. The zero-order valence-corrected chi connectivity index (χ0v) is 12.9. The lowest BCUT2D eigenvalue weighted by atomic mass is 10.1. The maximum atomic E-state index is 12.3. The fourth-order valence-electron chi connectivity index (χ4n) is 2.37. The van der Waals surface area contributed by atoms with Crippen LogP contribution < -0.4 is 4.90 Å². The summed E-state index contributed by atoms with van der Waals surface area (Å²) in [5, 5.41) is 1.70. The van der Waals surface area contributed by atoms with Crippen LogP contribution in [-0.2, 0) is 11.2 Å². The quantitative estimate of drug-likeness (QED) is 0.707. The van der Waals surface area contributed by atoms with Crippen LogP contribution in [0.4, 0.5) is 11.4 Å². The third-order valence-corrected chi connectivity index (χ3v) is 4.54. The number of amides is 1. The summed E-state index contributed by atoms with van der Waals surface area (Å²) < 4.78 is 0. The summed E-state index contributed by atoms with van der Waals surface area (Å²) in [5.41, 5.74) is 3.15. The zero-order chi connectivity index (χ0) is 14.4. The summed E-state index contributed by atoms with van der Waals surface area (Å²) in [6.45, 7) is 1.83. The lowest BCUT2D eigenvalue weighted by molar-refractivity contribution is -0.116. The summed E-state index contributed by atoms with van der Waals surface area (Å²) in [5.74, 6) is -0.0223. The van der Waals surface area contributed by atoms with Crippen LogP contribution in [0, 0.1) is 6.92 Å². The van der Waals surface area contributed by atoms with E-state index in [0.29, 0.717) is 27.2 Å². The Bertz CT molecular complexity index is 727. The van der Waals surface area contributed by atoms with E-state index in [-0.39, 0.29) is 5.91 Å². The van der Waals surface area contributed by atoms with Gasteiger partial charge in [0.2, 0.25) is 5.91 Å². The molecule has 5 heteroatoms. The molecule has 2 aromatic rings. The Morgan fingerprint density at radius 3 is 2.50 bits per heavy atom. The van der Waals surface area contributed by atoms with Crippen LogP contribution in [0.3, 0.4) is 0 Å². The van der Waals surface area contributed by atoms with Crippen molar-refractivity contribution in [2.24, 2.45) is 0 Å². The number of rotatable bonds is 1. The zero-order valence-electron chi connectivity index (χ0n) is 10.6. The largest absolute Gasteiger partial charge is 0.279 e. The number of hydrogen-bond donors (Lipinski definition) is 0. The number of anilines is 2. The van der Waals surface area contributed by atoms with Crippen molar-refractivity contribution in [2.45, 2.75) is 13.3 Å². The average molecular weight is 327 g/mol. The molecule has 0 fully saturated rings. The lowest BCUT2D eigenvalue weighted by Gasteiger charge is -2.20. The van der Waals surface area contributed by atoms with Crippen LogP contribution >= 0.6 is 34.8 Å². The number of carbonyl (C=O) groups excluding carboxylic acids is 1. The summed E-state index contributed by atoms with van der Waals surface area (Å²) in [6.07, 6.45) is 0.327. The molecule has 0 saturated carbocycles. The fourth-order valence-corrected chi connectivity index (χ4v) is 3.02. The van der Waals surface area contributed by atoms with Crippen LogP contribution in [0.2, 0.25) is 15.1 Å².